The highest BCUT2D eigenvalue weighted by atomic mass is 16.5. The van der Waals surface area contributed by atoms with Crippen LogP contribution in [0.4, 0.5) is 0 Å². The Kier molecular flexibility index (Phi) is 11.1. The van der Waals surface area contributed by atoms with E-state index in [4.69, 9.17) is 4.74 Å². The summed E-state index contributed by atoms with van der Waals surface area (Å²) in [4.78, 5) is 6.58. The van der Waals surface area contributed by atoms with E-state index in [0.29, 0.717) is 0 Å². The molecule has 5 nitrogen and oxygen atoms in total. The Morgan fingerprint density at radius 2 is 1.82 bits per heavy atom. The monoisotopic (exact) mass is 312 g/mol. The van der Waals surface area contributed by atoms with Crippen LogP contribution in [0, 0.1) is 5.92 Å². The van der Waals surface area contributed by atoms with Gasteiger partial charge in [-0.05, 0) is 38.8 Å². The van der Waals surface area contributed by atoms with E-state index in [1.54, 1.807) is 7.11 Å². The van der Waals surface area contributed by atoms with Crippen molar-refractivity contribution in [3.05, 3.63) is 0 Å². The zero-order valence-corrected chi connectivity index (χ0v) is 14.9. The van der Waals surface area contributed by atoms with E-state index in [-0.39, 0.29) is 0 Å². The van der Waals surface area contributed by atoms with E-state index >= 15 is 0 Å². The van der Waals surface area contributed by atoms with Gasteiger partial charge in [-0.1, -0.05) is 25.7 Å². The Morgan fingerprint density at radius 1 is 1.14 bits per heavy atom. The molecule has 130 valence electrons. The molecule has 22 heavy (non-hydrogen) atoms. The van der Waals surface area contributed by atoms with E-state index in [0.717, 1.165) is 51.1 Å². The van der Waals surface area contributed by atoms with E-state index in [1.165, 1.54) is 38.5 Å². The lowest BCUT2D eigenvalue weighted by molar-refractivity contribution is 0.161. The van der Waals surface area contributed by atoms with Gasteiger partial charge >= 0.3 is 0 Å². The Morgan fingerprint density at radius 3 is 2.45 bits per heavy atom. The number of hydrogen-bond donors (Lipinski definition) is 2. The first-order valence-corrected chi connectivity index (χ1v) is 8.88. The lowest BCUT2D eigenvalue weighted by Gasteiger charge is -2.17. The molecule has 2 N–H and O–H groups in total. The number of nitrogens with one attached hydrogen (secondary N) is 2. The van der Waals surface area contributed by atoms with Gasteiger partial charge < -0.3 is 20.3 Å². The first kappa shape index (κ1) is 19.2. The van der Waals surface area contributed by atoms with Crippen molar-refractivity contribution in [2.24, 2.45) is 10.9 Å². The van der Waals surface area contributed by atoms with Crippen molar-refractivity contribution in [3.8, 4) is 0 Å². The Balaban J connectivity index is 1.97. The highest BCUT2D eigenvalue weighted by Gasteiger charge is 2.13. The van der Waals surface area contributed by atoms with Gasteiger partial charge in [-0.25, -0.2) is 0 Å². The van der Waals surface area contributed by atoms with Gasteiger partial charge in [0.2, 0.25) is 0 Å². The minimum absolute atomic E-state index is 0.800. The number of likely N-dealkylation sites (N-methyl/N-ethyl adjacent to an activating group) is 1. The summed E-state index contributed by atoms with van der Waals surface area (Å²) in [7, 11) is 5.73. The van der Waals surface area contributed by atoms with Gasteiger partial charge in [0.1, 0.15) is 0 Å². The molecule has 0 spiro atoms. The molecular formula is C17H36N4O. The van der Waals surface area contributed by atoms with Crippen molar-refractivity contribution >= 4 is 5.96 Å². The van der Waals surface area contributed by atoms with Gasteiger partial charge in [0.05, 0.1) is 6.61 Å². The van der Waals surface area contributed by atoms with Crippen LogP contribution in [0.25, 0.3) is 0 Å². The predicted molar refractivity (Wildman–Crippen MR) is 94.5 cm³/mol. The van der Waals surface area contributed by atoms with Crippen molar-refractivity contribution in [1.82, 2.24) is 15.5 Å². The Labute approximate surface area is 136 Å². The first-order chi connectivity index (χ1) is 10.8. The predicted octanol–water partition coefficient (Wildman–Crippen LogP) is 2.09. The quantitative estimate of drug-likeness (QED) is 0.348. The number of aliphatic imine (C=N–C) groups is 1. The topological polar surface area (TPSA) is 48.9 Å². The van der Waals surface area contributed by atoms with E-state index in [2.05, 4.69) is 27.6 Å². The van der Waals surface area contributed by atoms with Crippen LogP contribution >= 0.6 is 0 Å². The summed E-state index contributed by atoms with van der Waals surface area (Å²) in [5.74, 6) is 1.92. The third kappa shape index (κ3) is 9.26. The average Bonchev–Trinajstić information content (AvgIpc) is 3.04. The highest BCUT2D eigenvalue weighted by Crippen LogP contribution is 2.28. The van der Waals surface area contributed by atoms with Crippen molar-refractivity contribution in [3.63, 3.8) is 0 Å². The third-order valence-corrected chi connectivity index (χ3v) is 4.47. The summed E-state index contributed by atoms with van der Waals surface area (Å²) in [6, 6.07) is 0. The maximum atomic E-state index is 5.08. The van der Waals surface area contributed by atoms with Crippen LogP contribution in [-0.2, 0) is 4.74 Å². The van der Waals surface area contributed by atoms with Crippen molar-refractivity contribution in [2.45, 2.75) is 44.9 Å². The minimum Gasteiger partial charge on any atom is -0.383 e. The molecule has 0 saturated heterocycles. The first-order valence-electron chi connectivity index (χ1n) is 8.88. The van der Waals surface area contributed by atoms with Gasteiger partial charge in [-0.2, -0.15) is 0 Å². The molecule has 0 bridgehead atoms. The molecule has 1 fully saturated rings. The van der Waals surface area contributed by atoms with Gasteiger partial charge in [0, 0.05) is 33.8 Å². The second kappa shape index (κ2) is 12.7. The molecule has 1 aliphatic carbocycles. The van der Waals surface area contributed by atoms with E-state index in [1.807, 2.05) is 7.05 Å². The summed E-state index contributed by atoms with van der Waals surface area (Å²) in [6.07, 6.45) is 9.52. The molecule has 0 unspecified atom stereocenters. The largest absolute Gasteiger partial charge is 0.383 e. The van der Waals surface area contributed by atoms with Crippen LogP contribution < -0.4 is 10.6 Å². The minimum atomic E-state index is 0.800. The average molecular weight is 313 g/mol. The zero-order chi connectivity index (χ0) is 16.0. The zero-order valence-electron chi connectivity index (χ0n) is 14.9. The smallest absolute Gasteiger partial charge is 0.190 e. The molecule has 0 amide bonds. The SMILES string of the molecule is CN=C(NCCCC1CCCC1)NCCCN(C)CCOC. The molecule has 1 rings (SSSR count). The van der Waals surface area contributed by atoms with E-state index < -0.39 is 0 Å². The van der Waals surface area contributed by atoms with Gasteiger partial charge in [-0.15, -0.1) is 0 Å². The summed E-state index contributed by atoms with van der Waals surface area (Å²) in [6.45, 7) is 4.86. The maximum Gasteiger partial charge on any atom is 0.190 e. The number of methoxy groups -OCH3 is 1. The van der Waals surface area contributed by atoms with Crippen LogP contribution in [0.1, 0.15) is 44.9 Å². The molecule has 0 atom stereocenters. The molecule has 0 aliphatic heterocycles. The lowest BCUT2D eigenvalue weighted by Crippen LogP contribution is -2.39. The fourth-order valence-corrected chi connectivity index (χ4v) is 3.03. The van der Waals surface area contributed by atoms with Gasteiger partial charge in [0.15, 0.2) is 5.96 Å². The number of guanidine groups is 1. The second-order valence-corrected chi connectivity index (χ2v) is 6.37. The number of hydrogen-bond acceptors (Lipinski definition) is 3. The maximum absolute atomic E-state index is 5.08. The van der Waals surface area contributed by atoms with Crippen LogP contribution in [-0.4, -0.2) is 64.9 Å². The number of ether oxygens (including phenoxy) is 1. The van der Waals surface area contributed by atoms with Crippen molar-refractivity contribution in [2.75, 3.05) is 54.0 Å². The molecule has 0 aromatic heterocycles. The van der Waals surface area contributed by atoms with E-state index in [9.17, 15) is 0 Å². The molecule has 1 saturated carbocycles. The van der Waals surface area contributed by atoms with Crippen LogP contribution in [0.3, 0.4) is 0 Å². The lowest BCUT2D eigenvalue weighted by atomic mass is 10.0. The molecule has 0 heterocycles. The van der Waals surface area contributed by atoms with Gasteiger partial charge in [-0.3, -0.25) is 4.99 Å². The highest BCUT2D eigenvalue weighted by molar-refractivity contribution is 5.79. The fourth-order valence-electron chi connectivity index (χ4n) is 3.03. The summed E-state index contributed by atoms with van der Waals surface area (Å²) >= 11 is 0. The Hall–Kier alpha value is -0.810. The summed E-state index contributed by atoms with van der Waals surface area (Å²) < 4.78 is 5.08. The summed E-state index contributed by atoms with van der Waals surface area (Å²) in [5, 5.41) is 6.81. The number of nitrogens with zero attached hydrogens (tertiary/aromatic N) is 2. The second-order valence-electron chi connectivity index (χ2n) is 6.37. The molecule has 1 aliphatic rings. The van der Waals surface area contributed by atoms with Crippen molar-refractivity contribution in [1.29, 1.82) is 0 Å². The number of rotatable bonds is 11. The Bertz CT molecular complexity index is 290. The van der Waals surface area contributed by atoms with Crippen LogP contribution in [0.15, 0.2) is 4.99 Å². The molecule has 0 aromatic carbocycles. The third-order valence-electron chi connectivity index (χ3n) is 4.47. The van der Waals surface area contributed by atoms with Crippen LogP contribution in [0.2, 0.25) is 0 Å². The van der Waals surface area contributed by atoms with Crippen LogP contribution in [0.5, 0.6) is 0 Å². The molecule has 0 aromatic rings. The van der Waals surface area contributed by atoms with Gasteiger partial charge in [0.25, 0.3) is 0 Å². The normalized spacial score (nSPS) is 16.5. The molecule has 5 heteroatoms. The molecule has 0 radical (unpaired) electrons. The fraction of sp³-hybridized carbons (Fsp3) is 0.941. The standard InChI is InChI=1S/C17H36N4O/c1-18-17(19-11-6-10-16-8-4-5-9-16)20-12-7-13-21(2)14-15-22-3/h16H,4-15H2,1-3H3,(H2,18,19,20). The van der Waals surface area contributed by atoms with Crippen molar-refractivity contribution < 1.29 is 4.74 Å². The molecular weight excluding hydrogens is 276 g/mol. The summed E-state index contributed by atoms with van der Waals surface area (Å²) in [5.41, 5.74) is 0.